The fourth-order valence-corrected chi connectivity index (χ4v) is 5.66. The van der Waals surface area contributed by atoms with E-state index in [0.717, 1.165) is 16.5 Å². The Morgan fingerprint density at radius 2 is 1.75 bits per heavy atom. The fraction of sp³-hybridized carbons (Fsp3) is 0.200. The second-order valence-electron chi connectivity index (χ2n) is 8.66. The highest BCUT2D eigenvalue weighted by Crippen LogP contribution is 2.33. The molecule has 2 aromatic heterocycles. The van der Waals surface area contributed by atoms with Crippen LogP contribution in [0.5, 0.6) is 5.88 Å². The predicted molar refractivity (Wildman–Crippen MR) is 143 cm³/mol. The molecule has 0 aliphatic heterocycles. The van der Waals surface area contributed by atoms with Crippen molar-refractivity contribution in [2.75, 3.05) is 23.3 Å². The summed E-state index contributed by atoms with van der Waals surface area (Å²) in [5.41, 5.74) is 10.1. The van der Waals surface area contributed by atoms with Crippen molar-refractivity contribution in [1.29, 1.82) is 0 Å². The quantitative estimate of drug-likeness (QED) is 0.284. The summed E-state index contributed by atoms with van der Waals surface area (Å²) in [6.45, 7) is 3.66. The molecular formula is C25H26N4O5S2. The van der Waals surface area contributed by atoms with E-state index >= 15 is 0 Å². The number of anilines is 2. The Bertz CT molecular complexity index is 1560. The number of pyridine rings is 2. The first-order valence-corrected chi connectivity index (χ1v) is 13.8. The SMILES string of the molecule is COc1ncc(-c2ccc3nc(N)c(-c4ccc(S(=O)O)cc4)cc3c2)cc1NS(=O)(=O)CC(C)C. The van der Waals surface area contributed by atoms with E-state index in [1.807, 2.05) is 38.1 Å². The number of sulfonamides is 1. The predicted octanol–water partition coefficient (Wildman–Crippen LogP) is 4.53. The van der Waals surface area contributed by atoms with Gasteiger partial charge in [-0.25, -0.2) is 22.6 Å². The van der Waals surface area contributed by atoms with Gasteiger partial charge in [0.1, 0.15) is 11.5 Å². The summed E-state index contributed by atoms with van der Waals surface area (Å²) in [5, 5.41) is 0.810. The largest absolute Gasteiger partial charge is 0.480 e. The zero-order valence-electron chi connectivity index (χ0n) is 19.9. The van der Waals surface area contributed by atoms with E-state index in [-0.39, 0.29) is 23.2 Å². The van der Waals surface area contributed by atoms with Crippen molar-refractivity contribution >= 4 is 43.5 Å². The molecule has 0 spiro atoms. The topological polar surface area (TPSA) is 144 Å². The van der Waals surface area contributed by atoms with Gasteiger partial charge in [0.25, 0.3) is 0 Å². The molecule has 2 aromatic carbocycles. The van der Waals surface area contributed by atoms with Crippen LogP contribution in [0.2, 0.25) is 0 Å². The molecule has 0 saturated carbocycles. The molecule has 188 valence electrons. The maximum atomic E-state index is 12.5. The van der Waals surface area contributed by atoms with E-state index in [4.69, 9.17) is 10.5 Å². The molecule has 4 aromatic rings. The van der Waals surface area contributed by atoms with Gasteiger partial charge in [0.2, 0.25) is 15.9 Å². The van der Waals surface area contributed by atoms with Crippen LogP contribution < -0.4 is 15.2 Å². The lowest BCUT2D eigenvalue weighted by atomic mass is 10.0. The molecular weight excluding hydrogens is 500 g/mol. The number of benzene rings is 2. The first-order valence-electron chi connectivity index (χ1n) is 11.0. The first-order chi connectivity index (χ1) is 17.1. The second-order valence-corrected chi connectivity index (χ2v) is 11.4. The average Bonchev–Trinajstić information content (AvgIpc) is 2.82. The molecule has 1 unspecified atom stereocenters. The van der Waals surface area contributed by atoms with Crippen LogP contribution in [0, 0.1) is 5.92 Å². The van der Waals surface area contributed by atoms with Crippen LogP contribution in [-0.2, 0) is 21.1 Å². The lowest BCUT2D eigenvalue weighted by Gasteiger charge is -2.14. The van der Waals surface area contributed by atoms with Crippen molar-refractivity contribution in [2.24, 2.45) is 5.92 Å². The summed E-state index contributed by atoms with van der Waals surface area (Å²) in [5.74, 6) is 0.444. The Labute approximate surface area is 212 Å². The number of hydrogen-bond donors (Lipinski definition) is 3. The van der Waals surface area contributed by atoms with Crippen molar-refractivity contribution in [3.8, 4) is 28.1 Å². The molecule has 0 fully saturated rings. The van der Waals surface area contributed by atoms with Crippen molar-refractivity contribution < 1.29 is 21.9 Å². The summed E-state index contributed by atoms with van der Waals surface area (Å²) in [6.07, 6.45) is 1.61. The Balaban J connectivity index is 1.74. The van der Waals surface area contributed by atoms with Gasteiger partial charge >= 0.3 is 0 Å². The number of hydrogen-bond acceptors (Lipinski definition) is 7. The number of methoxy groups -OCH3 is 1. The third kappa shape index (κ3) is 5.64. The molecule has 0 saturated heterocycles. The summed E-state index contributed by atoms with van der Waals surface area (Å²) in [7, 11) is -2.15. The van der Waals surface area contributed by atoms with Gasteiger partial charge in [-0.15, -0.1) is 0 Å². The van der Waals surface area contributed by atoms with E-state index in [1.165, 1.54) is 7.11 Å². The highest BCUT2D eigenvalue weighted by Gasteiger charge is 2.17. The lowest BCUT2D eigenvalue weighted by molar-refractivity contribution is 0.400. The number of nitrogen functional groups attached to an aromatic ring is 1. The lowest BCUT2D eigenvalue weighted by Crippen LogP contribution is -2.20. The van der Waals surface area contributed by atoms with E-state index in [0.29, 0.717) is 27.4 Å². The molecule has 1 atom stereocenters. The number of nitrogens with two attached hydrogens (primary N) is 1. The van der Waals surface area contributed by atoms with Crippen LogP contribution in [0.25, 0.3) is 33.2 Å². The molecule has 0 amide bonds. The summed E-state index contributed by atoms with van der Waals surface area (Å²) in [6, 6.07) is 15.8. The number of rotatable bonds is 8. The van der Waals surface area contributed by atoms with Gasteiger partial charge in [0, 0.05) is 22.7 Å². The summed E-state index contributed by atoms with van der Waals surface area (Å²) in [4.78, 5) is 9.09. The molecule has 11 heteroatoms. The normalized spacial score (nSPS) is 12.6. The Morgan fingerprint density at radius 3 is 2.39 bits per heavy atom. The van der Waals surface area contributed by atoms with Crippen LogP contribution in [0.1, 0.15) is 13.8 Å². The maximum Gasteiger partial charge on any atom is 0.238 e. The zero-order chi connectivity index (χ0) is 26.0. The smallest absolute Gasteiger partial charge is 0.238 e. The molecule has 0 aliphatic carbocycles. The van der Waals surface area contributed by atoms with Crippen LogP contribution in [0.3, 0.4) is 0 Å². The molecule has 0 bridgehead atoms. The van der Waals surface area contributed by atoms with Gasteiger partial charge in [-0.2, -0.15) is 0 Å². The number of nitrogens with one attached hydrogen (secondary N) is 1. The Kier molecular flexibility index (Phi) is 7.25. The highest BCUT2D eigenvalue weighted by molar-refractivity contribution is 7.92. The number of fused-ring (bicyclic) bond motifs is 1. The molecule has 0 radical (unpaired) electrons. The second kappa shape index (κ2) is 10.2. The molecule has 4 N–H and O–H groups in total. The van der Waals surface area contributed by atoms with Gasteiger partial charge in [0.05, 0.1) is 23.3 Å². The van der Waals surface area contributed by atoms with Crippen LogP contribution >= 0.6 is 0 Å². The van der Waals surface area contributed by atoms with E-state index in [2.05, 4.69) is 14.7 Å². The molecule has 9 nitrogen and oxygen atoms in total. The minimum Gasteiger partial charge on any atom is -0.480 e. The van der Waals surface area contributed by atoms with Crippen LogP contribution in [-0.4, -0.2) is 40.0 Å². The fourth-order valence-electron chi connectivity index (χ4n) is 3.85. The van der Waals surface area contributed by atoms with E-state index in [1.54, 1.807) is 36.5 Å². The summed E-state index contributed by atoms with van der Waals surface area (Å²) < 4.78 is 53.4. The third-order valence-electron chi connectivity index (χ3n) is 5.41. The van der Waals surface area contributed by atoms with Crippen molar-refractivity contribution in [2.45, 2.75) is 18.7 Å². The van der Waals surface area contributed by atoms with Crippen molar-refractivity contribution in [3.63, 3.8) is 0 Å². The van der Waals surface area contributed by atoms with Gasteiger partial charge in [-0.3, -0.25) is 4.72 Å². The number of aromatic nitrogens is 2. The van der Waals surface area contributed by atoms with Crippen LogP contribution in [0.15, 0.2) is 65.7 Å². The Hall–Kier alpha value is -3.54. The first kappa shape index (κ1) is 25.5. The monoisotopic (exact) mass is 526 g/mol. The standard InChI is InChI=1S/C25H26N4O5S2/c1-15(2)14-36(32,33)29-23-12-19(13-27-25(23)34-3)17-6-9-22-18(10-17)11-21(24(26)28-22)16-4-7-20(8-5-16)35(30)31/h4-13,15,29H,14H2,1-3H3,(H2,26,28)(H,30,31). The summed E-state index contributed by atoms with van der Waals surface area (Å²) >= 11 is -2.06. The minimum absolute atomic E-state index is 0.0264. The average molecular weight is 527 g/mol. The number of ether oxygens (including phenoxy) is 1. The van der Waals surface area contributed by atoms with E-state index in [9.17, 15) is 17.2 Å². The maximum absolute atomic E-state index is 12.5. The minimum atomic E-state index is -3.58. The van der Waals surface area contributed by atoms with Gasteiger partial charge < -0.3 is 15.0 Å². The molecule has 2 heterocycles. The highest BCUT2D eigenvalue weighted by atomic mass is 32.2. The van der Waals surface area contributed by atoms with Gasteiger partial charge in [-0.1, -0.05) is 32.0 Å². The number of nitrogens with zero attached hydrogens (tertiary/aromatic N) is 2. The molecule has 4 rings (SSSR count). The van der Waals surface area contributed by atoms with E-state index < -0.39 is 21.1 Å². The molecule has 36 heavy (non-hydrogen) atoms. The van der Waals surface area contributed by atoms with Crippen molar-refractivity contribution in [3.05, 3.63) is 60.8 Å². The van der Waals surface area contributed by atoms with Gasteiger partial charge in [-0.05, 0) is 53.4 Å². The zero-order valence-corrected chi connectivity index (χ0v) is 21.6. The Morgan fingerprint density at radius 1 is 1.06 bits per heavy atom. The molecule has 0 aliphatic rings. The van der Waals surface area contributed by atoms with Gasteiger partial charge in [0.15, 0.2) is 11.1 Å². The van der Waals surface area contributed by atoms with Crippen LogP contribution in [0.4, 0.5) is 11.5 Å². The van der Waals surface area contributed by atoms with Crippen molar-refractivity contribution in [1.82, 2.24) is 9.97 Å². The third-order valence-corrected chi connectivity index (χ3v) is 7.72.